The Bertz CT molecular complexity index is 904. The summed E-state index contributed by atoms with van der Waals surface area (Å²) in [6, 6.07) is 13.4. The van der Waals surface area contributed by atoms with E-state index < -0.39 is 0 Å². The van der Waals surface area contributed by atoms with E-state index in [1.807, 2.05) is 36.4 Å². The molecule has 2 heterocycles. The van der Waals surface area contributed by atoms with Crippen LogP contribution < -0.4 is 19.9 Å². The highest BCUT2D eigenvalue weighted by atomic mass is 16.5. The number of nitrogens with one attached hydrogen (secondary N) is 1. The molecule has 0 aliphatic carbocycles. The van der Waals surface area contributed by atoms with Crippen LogP contribution >= 0.6 is 0 Å². The van der Waals surface area contributed by atoms with Crippen molar-refractivity contribution >= 4 is 28.9 Å². The number of anilines is 3. The number of ether oxygens (including phenoxy) is 1. The summed E-state index contributed by atoms with van der Waals surface area (Å²) in [6.07, 6.45) is 2.69. The first-order valence-electron chi connectivity index (χ1n) is 10.2. The maximum Gasteiger partial charge on any atom is 0.229 e. The molecule has 1 atom stereocenters. The van der Waals surface area contributed by atoms with Gasteiger partial charge in [0.15, 0.2) is 0 Å². The number of amides is 2. The molecule has 1 unspecified atom stereocenters. The number of carbonyl (C=O) groups excluding carboxylic acids is 2. The molecular formula is C23H27N3O3. The van der Waals surface area contributed by atoms with Gasteiger partial charge in [-0.05, 0) is 67.8 Å². The van der Waals surface area contributed by atoms with Gasteiger partial charge in [0.25, 0.3) is 0 Å². The minimum absolute atomic E-state index is 0.0316. The summed E-state index contributed by atoms with van der Waals surface area (Å²) in [5.74, 6) is 0.240. The molecule has 2 aromatic carbocycles. The number of rotatable bonds is 5. The molecule has 6 heteroatoms. The van der Waals surface area contributed by atoms with E-state index in [4.69, 9.17) is 4.74 Å². The van der Waals surface area contributed by atoms with Crippen LogP contribution in [0, 0.1) is 12.8 Å². The normalized spacial score (nSPS) is 19.0. The van der Waals surface area contributed by atoms with E-state index in [0.717, 1.165) is 35.8 Å². The molecule has 29 heavy (non-hydrogen) atoms. The summed E-state index contributed by atoms with van der Waals surface area (Å²) in [6.45, 7) is 4.66. The summed E-state index contributed by atoms with van der Waals surface area (Å²) in [5.41, 5.74) is 3.97. The number of carbonyl (C=O) groups is 2. The molecule has 0 aromatic heterocycles. The zero-order chi connectivity index (χ0) is 20.4. The zero-order valence-corrected chi connectivity index (χ0v) is 17.0. The van der Waals surface area contributed by atoms with Gasteiger partial charge in [0.05, 0.1) is 13.0 Å². The maximum atomic E-state index is 12.8. The molecular weight excluding hydrogens is 366 g/mol. The number of hydrogen-bond acceptors (Lipinski definition) is 4. The standard InChI is InChI=1S/C23H27N3O3/c1-16-13-18(5-10-21(16)25-11-3-4-12-25)24-23(28)17-14-22(27)26(15-17)19-6-8-20(29-2)9-7-19/h5-10,13,17H,3-4,11-12,14-15H2,1-2H3,(H,24,28). The summed E-state index contributed by atoms with van der Waals surface area (Å²) in [5, 5.41) is 3.00. The smallest absolute Gasteiger partial charge is 0.229 e. The molecule has 2 fully saturated rings. The lowest BCUT2D eigenvalue weighted by molar-refractivity contribution is -0.122. The number of hydrogen-bond donors (Lipinski definition) is 1. The maximum absolute atomic E-state index is 12.8. The monoisotopic (exact) mass is 393 g/mol. The summed E-state index contributed by atoms with van der Waals surface area (Å²) in [7, 11) is 1.61. The second-order valence-corrected chi connectivity index (χ2v) is 7.79. The van der Waals surface area contributed by atoms with Crippen LogP contribution in [0.3, 0.4) is 0 Å². The van der Waals surface area contributed by atoms with E-state index in [1.54, 1.807) is 12.0 Å². The lowest BCUT2D eigenvalue weighted by Gasteiger charge is -2.21. The third-order valence-electron chi connectivity index (χ3n) is 5.79. The Balaban J connectivity index is 1.41. The average Bonchev–Trinajstić information content (AvgIpc) is 3.38. The fourth-order valence-corrected chi connectivity index (χ4v) is 4.19. The van der Waals surface area contributed by atoms with Crippen molar-refractivity contribution in [3.05, 3.63) is 48.0 Å². The fraction of sp³-hybridized carbons (Fsp3) is 0.391. The van der Waals surface area contributed by atoms with Crippen molar-refractivity contribution in [2.45, 2.75) is 26.2 Å². The van der Waals surface area contributed by atoms with E-state index in [-0.39, 0.29) is 24.2 Å². The van der Waals surface area contributed by atoms with Gasteiger partial charge in [-0.1, -0.05) is 0 Å². The molecule has 0 spiro atoms. The Morgan fingerprint density at radius 3 is 2.48 bits per heavy atom. The topological polar surface area (TPSA) is 61.9 Å². The van der Waals surface area contributed by atoms with E-state index in [0.29, 0.717) is 6.54 Å². The first-order chi connectivity index (χ1) is 14.0. The van der Waals surface area contributed by atoms with Crippen molar-refractivity contribution in [1.29, 1.82) is 0 Å². The molecule has 1 N–H and O–H groups in total. The van der Waals surface area contributed by atoms with Crippen LogP contribution in [0.5, 0.6) is 5.75 Å². The zero-order valence-electron chi connectivity index (χ0n) is 17.0. The molecule has 2 amide bonds. The van der Waals surface area contributed by atoms with Crippen molar-refractivity contribution < 1.29 is 14.3 Å². The Hall–Kier alpha value is -3.02. The minimum Gasteiger partial charge on any atom is -0.497 e. The van der Waals surface area contributed by atoms with Gasteiger partial charge in [-0.25, -0.2) is 0 Å². The number of nitrogens with zero attached hydrogens (tertiary/aromatic N) is 2. The van der Waals surface area contributed by atoms with E-state index in [9.17, 15) is 9.59 Å². The van der Waals surface area contributed by atoms with Crippen molar-refractivity contribution in [2.24, 2.45) is 5.92 Å². The molecule has 2 aliphatic rings. The van der Waals surface area contributed by atoms with Crippen LogP contribution in [0.4, 0.5) is 17.1 Å². The quantitative estimate of drug-likeness (QED) is 0.843. The van der Waals surface area contributed by atoms with Gasteiger partial charge in [0, 0.05) is 43.1 Å². The first-order valence-corrected chi connectivity index (χ1v) is 10.2. The average molecular weight is 393 g/mol. The molecule has 2 aromatic rings. The van der Waals surface area contributed by atoms with Crippen LogP contribution in [-0.2, 0) is 9.59 Å². The van der Waals surface area contributed by atoms with Crippen LogP contribution in [-0.4, -0.2) is 38.6 Å². The molecule has 2 aliphatic heterocycles. The molecule has 4 rings (SSSR count). The Morgan fingerprint density at radius 2 is 1.83 bits per heavy atom. The number of aryl methyl sites for hydroxylation is 1. The minimum atomic E-state index is -0.358. The third-order valence-corrected chi connectivity index (χ3v) is 5.79. The fourth-order valence-electron chi connectivity index (χ4n) is 4.19. The molecule has 6 nitrogen and oxygen atoms in total. The predicted octanol–water partition coefficient (Wildman–Crippen LogP) is 3.60. The van der Waals surface area contributed by atoms with E-state index in [2.05, 4.69) is 23.2 Å². The van der Waals surface area contributed by atoms with Crippen molar-refractivity contribution in [3.8, 4) is 5.75 Å². The number of methoxy groups -OCH3 is 1. The summed E-state index contributed by atoms with van der Waals surface area (Å²) < 4.78 is 5.16. The molecule has 2 saturated heterocycles. The number of benzene rings is 2. The molecule has 0 radical (unpaired) electrons. The molecule has 0 bridgehead atoms. The van der Waals surface area contributed by atoms with Gasteiger partial charge >= 0.3 is 0 Å². The summed E-state index contributed by atoms with van der Waals surface area (Å²) in [4.78, 5) is 29.3. The first kappa shape index (κ1) is 19.3. The summed E-state index contributed by atoms with van der Waals surface area (Å²) >= 11 is 0. The third kappa shape index (κ3) is 4.06. The SMILES string of the molecule is COc1ccc(N2CC(C(=O)Nc3ccc(N4CCCC4)c(C)c3)CC2=O)cc1. The van der Waals surface area contributed by atoms with Crippen molar-refractivity contribution in [2.75, 3.05) is 41.9 Å². The Kier molecular flexibility index (Phi) is 5.43. The highest BCUT2D eigenvalue weighted by molar-refractivity contribution is 6.03. The molecule has 152 valence electrons. The highest BCUT2D eigenvalue weighted by Crippen LogP contribution is 2.29. The van der Waals surface area contributed by atoms with Crippen LogP contribution in [0.2, 0.25) is 0 Å². The van der Waals surface area contributed by atoms with E-state index >= 15 is 0 Å². The Labute approximate surface area is 171 Å². The van der Waals surface area contributed by atoms with Gasteiger partial charge in [-0.2, -0.15) is 0 Å². The highest BCUT2D eigenvalue weighted by Gasteiger charge is 2.35. The van der Waals surface area contributed by atoms with Gasteiger partial charge < -0.3 is 19.9 Å². The van der Waals surface area contributed by atoms with Gasteiger partial charge in [-0.15, -0.1) is 0 Å². The van der Waals surface area contributed by atoms with Crippen LogP contribution in [0.1, 0.15) is 24.8 Å². The second kappa shape index (κ2) is 8.15. The van der Waals surface area contributed by atoms with Crippen molar-refractivity contribution in [1.82, 2.24) is 0 Å². The van der Waals surface area contributed by atoms with Gasteiger partial charge in [0.2, 0.25) is 11.8 Å². The van der Waals surface area contributed by atoms with Gasteiger partial charge in [-0.3, -0.25) is 9.59 Å². The van der Waals surface area contributed by atoms with Crippen LogP contribution in [0.25, 0.3) is 0 Å². The predicted molar refractivity (Wildman–Crippen MR) is 115 cm³/mol. The van der Waals surface area contributed by atoms with Gasteiger partial charge in [0.1, 0.15) is 5.75 Å². The Morgan fingerprint density at radius 1 is 1.10 bits per heavy atom. The van der Waals surface area contributed by atoms with Crippen molar-refractivity contribution in [3.63, 3.8) is 0 Å². The lowest BCUT2D eigenvalue weighted by atomic mass is 10.1. The second-order valence-electron chi connectivity index (χ2n) is 7.79. The molecule has 0 saturated carbocycles. The van der Waals surface area contributed by atoms with E-state index in [1.165, 1.54) is 18.5 Å². The van der Waals surface area contributed by atoms with Crippen LogP contribution in [0.15, 0.2) is 42.5 Å². The largest absolute Gasteiger partial charge is 0.497 e. The lowest BCUT2D eigenvalue weighted by Crippen LogP contribution is -2.28.